The van der Waals surface area contributed by atoms with Crippen LogP contribution in [0.15, 0.2) is 10.6 Å². The van der Waals surface area contributed by atoms with E-state index in [1.54, 1.807) is 6.92 Å². The molecule has 6 nitrogen and oxygen atoms in total. The molecule has 1 aromatic heterocycles. The zero-order valence-electron chi connectivity index (χ0n) is 7.93. The van der Waals surface area contributed by atoms with E-state index in [-0.39, 0.29) is 5.69 Å². The van der Waals surface area contributed by atoms with Gasteiger partial charge in [-0.25, -0.2) is 0 Å². The zero-order valence-corrected chi connectivity index (χ0v) is 7.93. The van der Waals surface area contributed by atoms with Crippen LogP contribution in [0.4, 0.5) is 0 Å². The molecule has 3 N–H and O–H groups in total. The smallest absolute Gasteiger partial charge is 0.325 e. The first-order chi connectivity index (χ1) is 6.56. The molecule has 78 valence electrons. The Labute approximate surface area is 80.6 Å². The molecule has 1 aromatic rings. The molecule has 0 saturated carbocycles. The second-order valence-corrected chi connectivity index (χ2v) is 2.86. The van der Waals surface area contributed by atoms with E-state index in [9.17, 15) is 9.90 Å². The highest BCUT2D eigenvalue weighted by atomic mass is 16.5. The quantitative estimate of drug-likeness (QED) is 0.639. The van der Waals surface area contributed by atoms with Crippen LogP contribution in [0, 0.1) is 6.92 Å². The molecular formula is C8H12N2O4. The van der Waals surface area contributed by atoms with Gasteiger partial charge in [0.25, 0.3) is 0 Å². The molecule has 1 rings (SSSR count). The Kier molecular flexibility index (Phi) is 3.21. The lowest BCUT2D eigenvalue weighted by Gasteiger charge is -2.13. The van der Waals surface area contributed by atoms with E-state index < -0.39 is 18.1 Å². The monoisotopic (exact) mass is 200 g/mol. The molecule has 14 heavy (non-hydrogen) atoms. The minimum absolute atomic E-state index is 0.223. The third kappa shape index (κ3) is 2.09. The number of aliphatic hydroxyl groups excluding tert-OH is 1. The van der Waals surface area contributed by atoms with Crippen LogP contribution in [-0.2, 0) is 9.53 Å². The molecule has 2 atom stereocenters. The Morgan fingerprint density at radius 1 is 1.79 bits per heavy atom. The maximum Gasteiger partial charge on any atom is 0.325 e. The van der Waals surface area contributed by atoms with Crippen LogP contribution in [0.1, 0.15) is 17.6 Å². The number of nitrogens with zero attached hydrogens (tertiary/aromatic N) is 1. The Hall–Kier alpha value is -1.40. The van der Waals surface area contributed by atoms with Gasteiger partial charge in [-0.2, -0.15) is 0 Å². The maximum atomic E-state index is 11.0. The van der Waals surface area contributed by atoms with E-state index in [4.69, 9.17) is 10.3 Å². The van der Waals surface area contributed by atoms with Gasteiger partial charge < -0.3 is 20.1 Å². The number of nitrogens with two attached hydrogens (primary N) is 1. The summed E-state index contributed by atoms with van der Waals surface area (Å²) in [4.78, 5) is 11.0. The number of ether oxygens (including phenoxy) is 1. The van der Waals surface area contributed by atoms with Gasteiger partial charge in [-0.15, -0.1) is 0 Å². The van der Waals surface area contributed by atoms with Crippen molar-refractivity contribution in [1.82, 2.24) is 5.16 Å². The molecule has 0 saturated heterocycles. The summed E-state index contributed by atoms with van der Waals surface area (Å²) in [6.07, 6.45) is -1.21. The summed E-state index contributed by atoms with van der Waals surface area (Å²) in [5, 5.41) is 13.1. The lowest BCUT2D eigenvalue weighted by atomic mass is 10.1. The first-order valence-corrected chi connectivity index (χ1v) is 4.01. The minimum Gasteiger partial charge on any atom is -0.468 e. The summed E-state index contributed by atoms with van der Waals surface area (Å²) in [5.41, 5.74) is 5.63. The Morgan fingerprint density at radius 2 is 2.43 bits per heavy atom. The van der Waals surface area contributed by atoms with Crippen LogP contribution in [0.25, 0.3) is 0 Å². The number of hydrogen-bond donors (Lipinski definition) is 2. The van der Waals surface area contributed by atoms with Gasteiger partial charge in [0.1, 0.15) is 23.6 Å². The molecule has 0 aromatic carbocycles. The summed E-state index contributed by atoms with van der Waals surface area (Å²) in [6.45, 7) is 1.67. The predicted molar refractivity (Wildman–Crippen MR) is 46.2 cm³/mol. The van der Waals surface area contributed by atoms with E-state index in [0.29, 0.717) is 5.76 Å². The third-order valence-corrected chi connectivity index (χ3v) is 1.76. The molecule has 0 radical (unpaired) electrons. The van der Waals surface area contributed by atoms with Crippen molar-refractivity contribution in [2.24, 2.45) is 5.73 Å². The van der Waals surface area contributed by atoms with Crippen LogP contribution in [0.5, 0.6) is 0 Å². The highest BCUT2D eigenvalue weighted by molar-refractivity contribution is 5.76. The molecule has 1 heterocycles. The van der Waals surface area contributed by atoms with Crippen molar-refractivity contribution in [3.05, 3.63) is 17.5 Å². The van der Waals surface area contributed by atoms with Gasteiger partial charge in [-0.05, 0) is 6.92 Å². The van der Waals surface area contributed by atoms with Gasteiger partial charge in [0.2, 0.25) is 0 Å². The molecule has 0 spiro atoms. The summed E-state index contributed by atoms with van der Waals surface area (Å²) in [6, 6.07) is 0.359. The molecule has 2 unspecified atom stereocenters. The Morgan fingerprint density at radius 3 is 2.86 bits per heavy atom. The standard InChI is InChI=1S/C8H12N2O4/c1-4-3-5(10-14-4)7(11)6(9)8(12)13-2/h3,6-7,11H,9H2,1-2H3. The average molecular weight is 200 g/mol. The summed E-state index contributed by atoms with van der Waals surface area (Å²) >= 11 is 0. The van der Waals surface area contributed by atoms with Crippen LogP contribution in [0.3, 0.4) is 0 Å². The minimum atomic E-state index is -1.21. The van der Waals surface area contributed by atoms with Crippen LogP contribution in [-0.4, -0.2) is 29.4 Å². The van der Waals surface area contributed by atoms with E-state index in [1.165, 1.54) is 13.2 Å². The zero-order chi connectivity index (χ0) is 10.7. The van der Waals surface area contributed by atoms with Crippen molar-refractivity contribution < 1.29 is 19.2 Å². The van der Waals surface area contributed by atoms with Gasteiger partial charge in [-0.3, -0.25) is 4.79 Å². The van der Waals surface area contributed by atoms with Gasteiger partial charge in [0.15, 0.2) is 0 Å². The molecule has 0 aliphatic carbocycles. The SMILES string of the molecule is COC(=O)C(N)C(O)c1cc(C)on1. The first-order valence-electron chi connectivity index (χ1n) is 4.01. The molecule has 0 aliphatic heterocycles. The Bertz CT molecular complexity index is 323. The van der Waals surface area contributed by atoms with Crippen molar-refractivity contribution in [2.45, 2.75) is 19.1 Å². The van der Waals surface area contributed by atoms with Gasteiger partial charge in [-0.1, -0.05) is 5.16 Å². The van der Waals surface area contributed by atoms with Crippen molar-refractivity contribution in [3.63, 3.8) is 0 Å². The normalized spacial score (nSPS) is 14.9. The fourth-order valence-corrected chi connectivity index (χ4v) is 0.974. The van der Waals surface area contributed by atoms with Crippen molar-refractivity contribution in [3.8, 4) is 0 Å². The number of methoxy groups -OCH3 is 1. The second-order valence-electron chi connectivity index (χ2n) is 2.86. The van der Waals surface area contributed by atoms with Crippen LogP contribution in [0.2, 0.25) is 0 Å². The number of aryl methyl sites for hydroxylation is 1. The number of hydrogen-bond acceptors (Lipinski definition) is 6. The first kappa shape index (κ1) is 10.7. The van der Waals surface area contributed by atoms with Gasteiger partial charge >= 0.3 is 5.97 Å². The molecule has 0 bridgehead atoms. The van der Waals surface area contributed by atoms with Gasteiger partial charge in [0, 0.05) is 6.07 Å². The van der Waals surface area contributed by atoms with Crippen molar-refractivity contribution in [1.29, 1.82) is 0 Å². The summed E-state index contributed by atoms with van der Waals surface area (Å²) in [7, 11) is 1.20. The average Bonchev–Trinajstić information content (AvgIpc) is 2.61. The highest BCUT2D eigenvalue weighted by Crippen LogP contribution is 2.15. The largest absolute Gasteiger partial charge is 0.468 e. The topological polar surface area (TPSA) is 98.6 Å². The molecule has 6 heteroatoms. The fourth-order valence-electron chi connectivity index (χ4n) is 0.974. The number of carbonyl (C=O) groups is 1. The van der Waals surface area contributed by atoms with E-state index >= 15 is 0 Å². The van der Waals surface area contributed by atoms with Crippen LogP contribution >= 0.6 is 0 Å². The molecule has 0 aliphatic rings. The number of carbonyl (C=O) groups excluding carboxylic acids is 1. The van der Waals surface area contributed by atoms with E-state index in [0.717, 1.165) is 0 Å². The van der Waals surface area contributed by atoms with E-state index in [1.807, 2.05) is 0 Å². The number of aliphatic hydroxyl groups is 1. The lowest BCUT2D eigenvalue weighted by Crippen LogP contribution is -2.37. The summed E-state index contributed by atoms with van der Waals surface area (Å²) < 4.78 is 9.11. The number of esters is 1. The molecule has 0 amide bonds. The van der Waals surface area contributed by atoms with Crippen LogP contribution < -0.4 is 5.73 Å². The number of aromatic nitrogens is 1. The second kappa shape index (κ2) is 4.21. The predicted octanol–water partition coefficient (Wildman–Crippen LogP) is -0.483. The van der Waals surface area contributed by atoms with E-state index in [2.05, 4.69) is 9.89 Å². The lowest BCUT2D eigenvalue weighted by molar-refractivity contribution is -0.145. The maximum absolute atomic E-state index is 11.0. The highest BCUT2D eigenvalue weighted by Gasteiger charge is 2.27. The third-order valence-electron chi connectivity index (χ3n) is 1.76. The molecular weight excluding hydrogens is 188 g/mol. The number of rotatable bonds is 3. The Balaban J connectivity index is 2.74. The fraction of sp³-hybridized carbons (Fsp3) is 0.500. The van der Waals surface area contributed by atoms with Gasteiger partial charge in [0.05, 0.1) is 7.11 Å². The molecule has 0 fully saturated rings. The summed E-state index contributed by atoms with van der Waals surface area (Å²) in [5.74, 6) is -0.158. The van der Waals surface area contributed by atoms with Crippen molar-refractivity contribution >= 4 is 5.97 Å². The van der Waals surface area contributed by atoms with Crippen molar-refractivity contribution in [2.75, 3.05) is 7.11 Å².